The summed E-state index contributed by atoms with van der Waals surface area (Å²) in [5, 5.41) is 98.0. The van der Waals surface area contributed by atoms with Gasteiger partial charge < -0.3 is 129 Å². The quantitative estimate of drug-likeness (QED) is 0.00873. The lowest BCUT2D eigenvalue weighted by Gasteiger charge is -2.31. The molecule has 5 rings (SSSR count). The number of benzene rings is 4. The number of hydrogen-bond acceptors (Lipinski definition) is 21. The lowest BCUT2D eigenvalue weighted by Crippen LogP contribution is -2.61. The number of amides is 12. The van der Waals surface area contributed by atoms with Gasteiger partial charge in [0.25, 0.3) is 0 Å². The van der Waals surface area contributed by atoms with Crippen LogP contribution < -0.4 is 104 Å². The third kappa shape index (κ3) is 33.5. The summed E-state index contributed by atoms with van der Waals surface area (Å²) in [6, 6.07) is 6.41. The van der Waals surface area contributed by atoms with Crippen LogP contribution in [0.15, 0.2) is 91.0 Å². The first-order chi connectivity index (χ1) is 54.7. The van der Waals surface area contributed by atoms with Gasteiger partial charge >= 0.3 is 18.0 Å². The number of likely N-dealkylation sites (tertiary alicyclic amines) is 1. The minimum absolute atomic E-state index is 0.00476. The van der Waals surface area contributed by atoms with E-state index in [9.17, 15) is 78.0 Å². The zero-order valence-electron chi connectivity index (χ0n) is 63.6. The van der Waals surface area contributed by atoms with Crippen molar-refractivity contribution in [2.24, 2.45) is 34.4 Å². The number of aromatic hydroxyl groups is 2. The maximum Gasteiger partial charge on any atom is 0.326 e. The number of nitrogens with one attached hydrogen (secondary N) is 16. The molecule has 4 aromatic rings. The second kappa shape index (κ2) is 48.6. The molecule has 1 saturated heterocycles. The zero-order chi connectivity index (χ0) is 84.7. The largest absolute Gasteiger partial charge is 0.508 e. The van der Waals surface area contributed by atoms with E-state index < -0.39 is 162 Å². The molecular weight excluding hydrogens is 1520 g/mol. The number of guanidine groups is 3. The van der Waals surface area contributed by atoms with E-state index in [1.807, 2.05) is 18.2 Å². The molecule has 1 heterocycles. The number of thiol groups is 1. The van der Waals surface area contributed by atoms with Crippen LogP contribution in [0.5, 0.6) is 11.5 Å². The number of phenols is 2. The molecule has 0 unspecified atom stereocenters. The molecular formula is C74H109N23O17S. The van der Waals surface area contributed by atoms with Gasteiger partial charge in [-0.1, -0.05) is 66.7 Å². The molecule has 0 spiro atoms. The van der Waals surface area contributed by atoms with Crippen LogP contribution in [0.4, 0.5) is 4.79 Å². The summed E-state index contributed by atoms with van der Waals surface area (Å²) in [7, 11) is 0. The summed E-state index contributed by atoms with van der Waals surface area (Å²) in [4.78, 5) is 183. The number of hydrogen-bond donors (Lipinski definition) is 27. The van der Waals surface area contributed by atoms with E-state index in [0.29, 0.717) is 29.5 Å². The molecule has 0 aromatic heterocycles. The molecule has 1 fully saturated rings. The number of aliphatic carboxylic acids is 2. The van der Waals surface area contributed by atoms with Crippen LogP contribution in [-0.2, 0) is 76.8 Å². The highest BCUT2D eigenvalue weighted by Crippen LogP contribution is 2.23. The van der Waals surface area contributed by atoms with Gasteiger partial charge in [0.1, 0.15) is 71.9 Å². The fraction of sp³-hybridized carbons (Fsp3) is 0.486. The van der Waals surface area contributed by atoms with Gasteiger partial charge in [-0.2, -0.15) is 12.6 Å². The molecule has 4 aromatic carbocycles. The van der Waals surface area contributed by atoms with E-state index in [4.69, 9.17) is 50.6 Å². The van der Waals surface area contributed by atoms with Crippen LogP contribution in [-0.4, -0.2) is 232 Å². The number of carbonyl (C=O) groups excluding carboxylic acids is 11. The van der Waals surface area contributed by atoms with Gasteiger partial charge in [-0.05, 0) is 148 Å². The van der Waals surface area contributed by atoms with Gasteiger partial charge in [0, 0.05) is 64.2 Å². The fourth-order valence-electron chi connectivity index (χ4n) is 12.4. The molecule has 0 bridgehead atoms. The number of carbonyl (C=O) groups is 13. The average molecular weight is 1620 g/mol. The number of carboxylic acids is 2. The van der Waals surface area contributed by atoms with Crippen molar-refractivity contribution >= 4 is 118 Å². The molecule has 0 saturated carbocycles. The zero-order valence-corrected chi connectivity index (χ0v) is 64.5. The summed E-state index contributed by atoms with van der Waals surface area (Å²) < 4.78 is 0. The number of unbranched alkanes of at least 4 members (excludes halogenated alkanes) is 1. The Hall–Kier alpha value is -12.3. The summed E-state index contributed by atoms with van der Waals surface area (Å²) in [6.45, 7) is 0.284. The molecule has 32 N–H and O–H groups in total. The molecule has 40 nitrogen and oxygen atoms in total. The van der Waals surface area contributed by atoms with Crippen LogP contribution in [0.2, 0.25) is 0 Å². The lowest BCUT2D eigenvalue weighted by atomic mass is 10.00. The van der Waals surface area contributed by atoms with Crippen LogP contribution in [0, 0.1) is 16.2 Å². The lowest BCUT2D eigenvalue weighted by molar-refractivity contribution is -0.144. The minimum Gasteiger partial charge on any atom is -0.508 e. The number of nitrogens with zero attached hydrogens (tertiary/aromatic N) is 1. The van der Waals surface area contributed by atoms with E-state index in [0.717, 1.165) is 15.7 Å². The van der Waals surface area contributed by atoms with E-state index in [-0.39, 0.29) is 159 Å². The Morgan fingerprint density at radius 2 is 0.835 bits per heavy atom. The molecule has 12 amide bonds. The van der Waals surface area contributed by atoms with Gasteiger partial charge in [-0.3, -0.25) is 69.0 Å². The second-order valence-corrected chi connectivity index (χ2v) is 28.0. The van der Waals surface area contributed by atoms with Gasteiger partial charge in [-0.15, -0.1) is 0 Å². The van der Waals surface area contributed by atoms with Crippen molar-refractivity contribution in [1.82, 2.24) is 74.0 Å². The summed E-state index contributed by atoms with van der Waals surface area (Å²) in [5.74, 6) is -13.9. The molecule has 11 atom stereocenters. The SMILES string of the molecule is N=C(N)NCCC[C@H](NC(=O)[C@H](Cc1ccc(O)cc1)NC(=O)[C@@H]1CCCN1C(=O)[C@@H](CCC(=O)O)NC(=O)[C@H](CCCCN)NC(=O)[C@H](CCCNC(N)=O)NC(=O)[C@H](Cc1ccc(O)cc1)NC(=O)[C@H](CS)NC(=O)[C@H](Cc1ccc2ccccc2c1)NC(=O)[C@H](CCCNC(=N)N)NC(=O)[C@@H](N)CCCNC(=N)N)C(=O)O. The molecule has 0 aliphatic carbocycles. The highest BCUT2D eigenvalue weighted by atomic mass is 32.1. The van der Waals surface area contributed by atoms with Crippen molar-refractivity contribution in [3.63, 3.8) is 0 Å². The third-order valence-corrected chi connectivity index (χ3v) is 18.9. The number of rotatable bonds is 50. The Bertz CT molecular complexity index is 4010. The Balaban J connectivity index is 1.43. The smallest absolute Gasteiger partial charge is 0.326 e. The average Bonchev–Trinajstić information content (AvgIpc) is 1.79. The van der Waals surface area contributed by atoms with Crippen molar-refractivity contribution in [3.8, 4) is 11.5 Å². The Kier molecular flexibility index (Phi) is 39.4. The fourth-order valence-corrected chi connectivity index (χ4v) is 12.7. The van der Waals surface area contributed by atoms with Crippen molar-refractivity contribution in [1.29, 1.82) is 16.2 Å². The van der Waals surface area contributed by atoms with Crippen molar-refractivity contribution < 1.29 is 82.8 Å². The third-order valence-electron chi connectivity index (χ3n) is 18.6. The predicted molar refractivity (Wildman–Crippen MR) is 427 cm³/mol. The Labute approximate surface area is 669 Å². The molecule has 628 valence electrons. The van der Waals surface area contributed by atoms with E-state index in [1.54, 1.807) is 24.3 Å². The number of urea groups is 1. The normalized spacial score (nSPS) is 14.9. The number of carboxylic acid groups (broad SMARTS) is 2. The van der Waals surface area contributed by atoms with Gasteiger partial charge in [0.15, 0.2) is 17.9 Å². The summed E-state index contributed by atoms with van der Waals surface area (Å²) in [6.07, 6.45) is -1.32. The number of phenolic OH excluding ortho intramolecular Hbond substituents is 2. The first kappa shape index (κ1) is 93.3. The molecule has 1 aliphatic heterocycles. The molecule has 0 radical (unpaired) electrons. The van der Waals surface area contributed by atoms with Crippen molar-refractivity contribution in [2.75, 3.05) is 45.0 Å². The second-order valence-electron chi connectivity index (χ2n) is 27.6. The summed E-state index contributed by atoms with van der Waals surface area (Å²) >= 11 is 4.42. The van der Waals surface area contributed by atoms with Gasteiger partial charge in [-0.25, -0.2) is 9.59 Å². The van der Waals surface area contributed by atoms with E-state index >= 15 is 4.79 Å². The monoisotopic (exact) mass is 1620 g/mol. The molecule has 41 heteroatoms. The standard InChI is InChI=1S/C74H109N23O17S/c75-30-4-3-13-49(62(104)91-52(28-29-59(100)101)69(111)97-35-9-17-58(97)68(110)95-55(38-42-21-26-47(99)27-22-42)65(107)92-53(70(112)113)16-8-33-86-73(81)82)89-61(103)51(15-7-34-87-74(83)114)90-64(106)54(37-41-19-24-46(98)25-20-41)94-67(109)57(40-115)96-66(108)56(39-43-18-23-44-10-1-2-11-45(44)36-43)93-63(105)50(14-6-32-85-72(79)80)88-60(102)48(76)12-5-31-84-71(77)78/h1-2,10-11,18-27,36,48-58,98-99,115H,3-9,12-17,28-35,37-40,75-76H2,(H,88,102)(H,89,103)(H,90,106)(H,91,104)(H,92,107)(H,93,105)(H,94,109)(H,95,110)(H,96,108)(H,100,101)(H,112,113)(H4,77,78,84)(H4,79,80,85)(H4,81,82,86)(H3,83,87,114)/t48-,49-,50-,51-,52+,53-,54-,55-,56-,57-,58-/m0/s1. The van der Waals surface area contributed by atoms with Crippen molar-refractivity contribution in [3.05, 3.63) is 108 Å². The predicted octanol–water partition coefficient (Wildman–Crippen LogP) is -3.79. The number of nitrogens with two attached hydrogens (primary N) is 6. The van der Waals surface area contributed by atoms with Crippen LogP contribution in [0.25, 0.3) is 10.8 Å². The Morgan fingerprint density at radius 1 is 0.443 bits per heavy atom. The van der Waals surface area contributed by atoms with Gasteiger partial charge in [0.05, 0.1) is 6.04 Å². The first-order valence-electron chi connectivity index (χ1n) is 37.6. The van der Waals surface area contributed by atoms with E-state index in [1.165, 1.54) is 48.5 Å². The van der Waals surface area contributed by atoms with Crippen molar-refractivity contribution in [2.45, 2.75) is 182 Å². The summed E-state index contributed by atoms with van der Waals surface area (Å²) in [5.41, 5.74) is 35.0. The number of primary amides is 1. The molecule has 115 heavy (non-hydrogen) atoms. The number of fused-ring (bicyclic) bond motifs is 1. The highest BCUT2D eigenvalue weighted by Gasteiger charge is 2.41. The van der Waals surface area contributed by atoms with Crippen LogP contribution >= 0.6 is 12.6 Å². The van der Waals surface area contributed by atoms with Crippen LogP contribution in [0.3, 0.4) is 0 Å². The first-order valence-corrected chi connectivity index (χ1v) is 38.2. The maximum absolute atomic E-state index is 15.0. The Morgan fingerprint density at radius 3 is 1.30 bits per heavy atom. The highest BCUT2D eigenvalue weighted by molar-refractivity contribution is 7.80. The van der Waals surface area contributed by atoms with Gasteiger partial charge in [0.2, 0.25) is 59.1 Å². The van der Waals surface area contributed by atoms with E-state index in [2.05, 4.69) is 81.7 Å². The minimum atomic E-state index is -1.69. The topological polar surface area (TPSA) is 690 Å². The van der Waals surface area contributed by atoms with Crippen LogP contribution in [0.1, 0.15) is 113 Å². The molecule has 1 aliphatic rings. The maximum atomic E-state index is 15.0.